The van der Waals surface area contributed by atoms with E-state index in [0.717, 1.165) is 10.5 Å². The molecule has 10 nitrogen and oxygen atoms in total. The molecule has 178 valence electrons. The number of anilines is 2. The van der Waals surface area contributed by atoms with Crippen molar-refractivity contribution in [3.8, 4) is 5.75 Å². The Balaban J connectivity index is 1.36. The number of fused-ring (bicyclic) bond motifs is 2. The maximum atomic E-state index is 13.0. The molecule has 10 heteroatoms. The SMILES string of the molecule is Cc1noc(C)c1CN1C(=O)C(C)Oc2ccc(NC(=O)CN3C(=O)c4ccccc4C3=O)cc21. The fourth-order valence-electron chi connectivity index (χ4n) is 4.26. The van der Waals surface area contributed by atoms with Gasteiger partial charge in [0.15, 0.2) is 6.10 Å². The van der Waals surface area contributed by atoms with Gasteiger partial charge in [0.2, 0.25) is 5.91 Å². The van der Waals surface area contributed by atoms with Gasteiger partial charge in [0, 0.05) is 11.3 Å². The lowest BCUT2D eigenvalue weighted by Crippen LogP contribution is -2.44. The standard InChI is InChI=1S/C25H22N4O6/c1-13-19(14(2)35-27-13)11-28-20-10-16(8-9-21(20)34-15(3)23(28)31)26-22(30)12-29-24(32)17-6-4-5-7-18(17)25(29)33/h4-10,15H,11-12H2,1-3H3,(H,26,30). The molecule has 0 radical (unpaired) electrons. The third-order valence-corrected chi connectivity index (χ3v) is 6.13. The highest BCUT2D eigenvalue weighted by Crippen LogP contribution is 2.38. The van der Waals surface area contributed by atoms with Crippen molar-refractivity contribution in [1.82, 2.24) is 10.1 Å². The number of carbonyl (C=O) groups is 4. The summed E-state index contributed by atoms with van der Waals surface area (Å²) in [5.41, 5.74) is 2.89. The molecule has 2 aliphatic heterocycles. The Morgan fingerprint density at radius 2 is 1.71 bits per heavy atom. The zero-order chi connectivity index (χ0) is 24.9. The smallest absolute Gasteiger partial charge is 0.268 e. The summed E-state index contributed by atoms with van der Waals surface area (Å²) in [6.45, 7) is 5.05. The monoisotopic (exact) mass is 474 g/mol. The lowest BCUT2D eigenvalue weighted by atomic mass is 10.1. The molecule has 35 heavy (non-hydrogen) atoms. The highest BCUT2D eigenvalue weighted by atomic mass is 16.5. The van der Waals surface area contributed by atoms with Crippen LogP contribution < -0.4 is 15.0 Å². The maximum absolute atomic E-state index is 13.0. The predicted octanol–water partition coefficient (Wildman–Crippen LogP) is 2.84. The van der Waals surface area contributed by atoms with Gasteiger partial charge in [0.1, 0.15) is 18.1 Å². The molecule has 1 unspecified atom stereocenters. The van der Waals surface area contributed by atoms with E-state index in [1.54, 1.807) is 68.1 Å². The highest BCUT2D eigenvalue weighted by molar-refractivity contribution is 6.22. The van der Waals surface area contributed by atoms with E-state index in [-0.39, 0.29) is 23.6 Å². The van der Waals surface area contributed by atoms with Crippen molar-refractivity contribution in [2.45, 2.75) is 33.4 Å². The number of ether oxygens (including phenoxy) is 1. The predicted molar refractivity (Wildman–Crippen MR) is 124 cm³/mol. The molecule has 0 spiro atoms. The number of carbonyl (C=O) groups excluding carboxylic acids is 4. The van der Waals surface area contributed by atoms with Crippen LogP contribution in [0.1, 0.15) is 44.7 Å². The third-order valence-electron chi connectivity index (χ3n) is 6.13. The van der Waals surface area contributed by atoms with Gasteiger partial charge >= 0.3 is 0 Å². The molecule has 2 aliphatic rings. The Morgan fingerprint density at radius 3 is 2.34 bits per heavy atom. The molecule has 0 saturated carbocycles. The average Bonchev–Trinajstić information content (AvgIpc) is 3.28. The minimum Gasteiger partial charge on any atom is -0.479 e. The zero-order valence-corrected chi connectivity index (χ0v) is 19.3. The van der Waals surface area contributed by atoms with E-state index >= 15 is 0 Å². The van der Waals surface area contributed by atoms with Gasteiger partial charge in [-0.3, -0.25) is 24.1 Å². The molecule has 5 rings (SSSR count). The van der Waals surface area contributed by atoms with Crippen LogP contribution in [-0.4, -0.2) is 46.3 Å². The second-order valence-corrected chi connectivity index (χ2v) is 8.46. The quantitative estimate of drug-likeness (QED) is 0.564. The Labute approximate surface area is 200 Å². The molecular formula is C25H22N4O6. The Morgan fingerprint density at radius 1 is 1.03 bits per heavy atom. The number of amides is 4. The molecular weight excluding hydrogens is 452 g/mol. The summed E-state index contributed by atoms with van der Waals surface area (Å²) in [4.78, 5) is 53.3. The second-order valence-electron chi connectivity index (χ2n) is 8.46. The second kappa shape index (κ2) is 8.39. The lowest BCUT2D eigenvalue weighted by Gasteiger charge is -2.33. The summed E-state index contributed by atoms with van der Waals surface area (Å²) < 4.78 is 11.0. The van der Waals surface area contributed by atoms with Crippen LogP contribution in [0.5, 0.6) is 5.75 Å². The van der Waals surface area contributed by atoms with E-state index in [2.05, 4.69) is 10.5 Å². The summed E-state index contributed by atoms with van der Waals surface area (Å²) in [5.74, 6) is -0.710. The number of hydrogen-bond donors (Lipinski definition) is 1. The molecule has 0 saturated heterocycles. The van der Waals surface area contributed by atoms with Gasteiger partial charge in [-0.25, -0.2) is 0 Å². The first-order chi connectivity index (χ1) is 16.7. The normalized spacial score (nSPS) is 16.8. The first kappa shape index (κ1) is 22.3. The number of aryl methyl sites for hydroxylation is 2. The van der Waals surface area contributed by atoms with Gasteiger partial charge in [0.25, 0.3) is 17.7 Å². The van der Waals surface area contributed by atoms with Crippen molar-refractivity contribution in [1.29, 1.82) is 0 Å². The summed E-state index contributed by atoms with van der Waals surface area (Å²) in [6, 6.07) is 11.4. The third kappa shape index (κ3) is 3.82. The molecule has 0 bridgehead atoms. The molecule has 0 fully saturated rings. The average molecular weight is 474 g/mol. The summed E-state index contributed by atoms with van der Waals surface area (Å²) in [7, 11) is 0. The molecule has 3 aromatic rings. The van der Waals surface area contributed by atoms with E-state index < -0.39 is 30.4 Å². The van der Waals surface area contributed by atoms with Crippen LogP contribution >= 0.6 is 0 Å². The largest absolute Gasteiger partial charge is 0.479 e. The molecule has 4 amide bonds. The number of imide groups is 1. The van der Waals surface area contributed by atoms with E-state index in [1.165, 1.54) is 0 Å². The van der Waals surface area contributed by atoms with Gasteiger partial charge in [0.05, 0.1) is 29.1 Å². The fraction of sp³-hybridized carbons (Fsp3) is 0.240. The molecule has 1 aromatic heterocycles. The van der Waals surface area contributed by atoms with Crippen LogP contribution in [-0.2, 0) is 16.1 Å². The van der Waals surface area contributed by atoms with E-state index in [9.17, 15) is 19.2 Å². The van der Waals surface area contributed by atoms with Crippen molar-refractivity contribution < 1.29 is 28.4 Å². The van der Waals surface area contributed by atoms with Gasteiger partial charge < -0.3 is 19.5 Å². The van der Waals surface area contributed by atoms with Gasteiger partial charge in [-0.15, -0.1) is 0 Å². The minimum absolute atomic E-state index is 0.229. The molecule has 1 N–H and O–H groups in total. The van der Waals surface area contributed by atoms with Crippen LogP contribution in [0.2, 0.25) is 0 Å². The van der Waals surface area contributed by atoms with Gasteiger partial charge in [-0.2, -0.15) is 0 Å². The van der Waals surface area contributed by atoms with E-state index in [4.69, 9.17) is 9.26 Å². The number of nitrogens with zero attached hydrogens (tertiary/aromatic N) is 3. The summed E-state index contributed by atoms with van der Waals surface area (Å²) in [6.07, 6.45) is -0.683. The van der Waals surface area contributed by atoms with Crippen molar-refractivity contribution >= 4 is 35.0 Å². The van der Waals surface area contributed by atoms with Crippen molar-refractivity contribution in [3.63, 3.8) is 0 Å². The van der Waals surface area contributed by atoms with Gasteiger partial charge in [-0.1, -0.05) is 17.3 Å². The number of benzene rings is 2. The number of nitrogens with one attached hydrogen (secondary N) is 1. The van der Waals surface area contributed by atoms with Crippen LogP contribution in [0.4, 0.5) is 11.4 Å². The fourth-order valence-corrected chi connectivity index (χ4v) is 4.26. The minimum atomic E-state index is -0.683. The van der Waals surface area contributed by atoms with E-state index in [1.807, 2.05) is 0 Å². The maximum Gasteiger partial charge on any atom is 0.268 e. The van der Waals surface area contributed by atoms with Crippen LogP contribution in [0.25, 0.3) is 0 Å². The van der Waals surface area contributed by atoms with E-state index in [0.29, 0.717) is 28.6 Å². The zero-order valence-electron chi connectivity index (χ0n) is 19.3. The topological polar surface area (TPSA) is 122 Å². The number of hydrogen-bond acceptors (Lipinski definition) is 7. The number of aromatic nitrogens is 1. The van der Waals surface area contributed by atoms with Gasteiger partial charge in [-0.05, 0) is 51.1 Å². The van der Waals surface area contributed by atoms with Crippen molar-refractivity contribution in [2.24, 2.45) is 0 Å². The summed E-state index contributed by atoms with van der Waals surface area (Å²) >= 11 is 0. The molecule has 2 aromatic carbocycles. The Kier molecular flexibility index (Phi) is 5.35. The Bertz CT molecular complexity index is 1340. The van der Waals surface area contributed by atoms with Crippen LogP contribution in [0.15, 0.2) is 47.0 Å². The summed E-state index contributed by atoms with van der Waals surface area (Å²) in [5, 5.41) is 6.66. The van der Waals surface area contributed by atoms with Crippen LogP contribution in [0, 0.1) is 13.8 Å². The first-order valence-corrected chi connectivity index (χ1v) is 11.0. The first-order valence-electron chi connectivity index (χ1n) is 11.0. The lowest BCUT2D eigenvalue weighted by molar-refractivity contribution is -0.125. The number of rotatable bonds is 5. The Hall–Kier alpha value is -4.47. The molecule has 0 aliphatic carbocycles. The van der Waals surface area contributed by atoms with Crippen LogP contribution in [0.3, 0.4) is 0 Å². The molecule has 3 heterocycles. The highest BCUT2D eigenvalue weighted by Gasteiger charge is 2.37. The molecule has 1 atom stereocenters. The van der Waals surface area contributed by atoms with Crippen molar-refractivity contribution in [3.05, 3.63) is 70.6 Å². The van der Waals surface area contributed by atoms with Crippen molar-refractivity contribution in [2.75, 3.05) is 16.8 Å².